The predicted octanol–water partition coefficient (Wildman–Crippen LogP) is 6.09. The molecule has 0 aliphatic carbocycles. The zero-order valence-corrected chi connectivity index (χ0v) is 18.1. The number of aromatic nitrogens is 2. The minimum atomic E-state index is -0.325. The summed E-state index contributed by atoms with van der Waals surface area (Å²) in [5.41, 5.74) is 5.10. The van der Waals surface area contributed by atoms with E-state index in [0.29, 0.717) is 10.6 Å². The summed E-state index contributed by atoms with van der Waals surface area (Å²) in [6.07, 6.45) is 3.65. The molecule has 1 fully saturated rings. The number of thioether (sulfide) groups is 1. The van der Waals surface area contributed by atoms with Crippen molar-refractivity contribution in [2.24, 2.45) is 0 Å². The molecule has 2 heterocycles. The molecular weight excluding hydrogens is 418 g/mol. The van der Waals surface area contributed by atoms with Crippen LogP contribution in [-0.2, 0) is 4.79 Å². The Balaban J connectivity index is 1.59. The number of benzene rings is 3. The predicted molar refractivity (Wildman–Crippen MR) is 129 cm³/mol. The second-order valence-corrected chi connectivity index (χ2v) is 8.43. The molecule has 0 N–H and O–H groups in total. The zero-order chi connectivity index (χ0) is 22.1. The molecule has 0 bridgehead atoms. The van der Waals surface area contributed by atoms with Crippen LogP contribution in [0.3, 0.4) is 0 Å². The van der Waals surface area contributed by atoms with Crippen LogP contribution in [0.5, 0.6) is 0 Å². The average Bonchev–Trinajstić information content (AvgIpc) is 3.36. The van der Waals surface area contributed by atoms with Crippen molar-refractivity contribution >= 4 is 34.7 Å². The molecule has 5 nitrogen and oxygen atoms in total. The Hall–Kier alpha value is -3.90. The molecule has 6 heteroatoms. The molecule has 4 aromatic rings. The van der Waals surface area contributed by atoms with Gasteiger partial charge in [-0.25, -0.2) is 9.58 Å². The monoisotopic (exact) mass is 437 g/mol. The summed E-state index contributed by atoms with van der Waals surface area (Å²) in [6, 6.07) is 26.9. The fourth-order valence-electron chi connectivity index (χ4n) is 3.55. The van der Waals surface area contributed by atoms with Crippen molar-refractivity contribution in [1.82, 2.24) is 9.78 Å². The van der Waals surface area contributed by atoms with Crippen LogP contribution >= 0.6 is 11.8 Å². The first kappa shape index (κ1) is 20.0. The van der Waals surface area contributed by atoms with Gasteiger partial charge in [0.1, 0.15) is 0 Å². The van der Waals surface area contributed by atoms with Crippen molar-refractivity contribution in [3.63, 3.8) is 0 Å². The van der Waals surface area contributed by atoms with Gasteiger partial charge in [0, 0.05) is 17.3 Å². The standard InChI is InChI=1S/C26H19N3O2S/c1-18-12-14-19(15-13-18)24-20(17-28(27-24)21-8-4-2-5-9-21)16-23-25(30)29(26(31)32-23)22-10-6-3-7-11-22/h2-17H,1H3/b23-16-. The third kappa shape index (κ3) is 3.76. The number of hydrogen-bond donors (Lipinski definition) is 0. The van der Waals surface area contributed by atoms with Crippen molar-refractivity contribution in [3.8, 4) is 16.9 Å². The number of aryl methyl sites for hydroxylation is 1. The number of para-hydroxylation sites is 2. The number of carbonyl (C=O) groups excluding carboxylic acids is 2. The lowest BCUT2D eigenvalue weighted by atomic mass is 10.1. The lowest BCUT2D eigenvalue weighted by Crippen LogP contribution is -2.27. The van der Waals surface area contributed by atoms with E-state index in [4.69, 9.17) is 5.10 Å². The van der Waals surface area contributed by atoms with E-state index in [1.807, 2.05) is 85.9 Å². The Morgan fingerprint density at radius 3 is 2.09 bits per heavy atom. The maximum absolute atomic E-state index is 13.1. The number of carbonyl (C=O) groups is 2. The Kier molecular flexibility index (Phi) is 5.21. The van der Waals surface area contributed by atoms with E-state index in [2.05, 4.69) is 0 Å². The topological polar surface area (TPSA) is 55.2 Å². The highest BCUT2D eigenvalue weighted by Gasteiger charge is 2.36. The molecule has 0 radical (unpaired) electrons. The normalized spacial score (nSPS) is 15.0. The first-order valence-electron chi connectivity index (χ1n) is 10.2. The minimum Gasteiger partial charge on any atom is -0.268 e. The lowest BCUT2D eigenvalue weighted by molar-refractivity contribution is -0.113. The van der Waals surface area contributed by atoms with E-state index >= 15 is 0 Å². The van der Waals surface area contributed by atoms with Crippen LogP contribution in [0.15, 0.2) is 96.0 Å². The molecule has 0 unspecified atom stereocenters. The highest BCUT2D eigenvalue weighted by molar-refractivity contribution is 8.19. The van der Waals surface area contributed by atoms with Gasteiger partial charge in [-0.2, -0.15) is 5.10 Å². The summed E-state index contributed by atoms with van der Waals surface area (Å²) in [7, 11) is 0. The molecule has 156 valence electrons. The van der Waals surface area contributed by atoms with Gasteiger partial charge in [0.25, 0.3) is 11.1 Å². The molecule has 0 atom stereocenters. The summed E-state index contributed by atoms with van der Waals surface area (Å²) in [4.78, 5) is 27.3. The lowest BCUT2D eigenvalue weighted by Gasteiger charge is -2.11. The SMILES string of the molecule is Cc1ccc(-c2nn(-c3ccccc3)cc2/C=C2\SC(=O)N(c3ccccc3)C2=O)cc1. The van der Waals surface area contributed by atoms with Gasteiger partial charge in [-0.1, -0.05) is 66.2 Å². The van der Waals surface area contributed by atoms with Gasteiger partial charge in [-0.05, 0) is 49.0 Å². The molecule has 1 aliphatic heterocycles. The van der Waals surface area contributed by atoms with Crippen molar-refractivity contribution in [3.05, 3.63) is 107 Å². The van der Waals surface area contributed by atoms with E-state index in [9.17, 15) is 9.59 Å². The summed E-state index contributed by atoms with van der Waals surface area (Å²) >= 11 is 0.944. The minimum absolute atomic E-state index is 0.306. The quantitative estimate of drug-likeness (QED) is 0.363. The maximum Gasteiger partial charge on any atom is 0.298 e. The van der Waals surface area contributed by atoms with E-state index in [1.54, 1.807) is 22.9 Å². The molecule has 32 heavy (non-hydrogen) atoms. The highest BCUT2D eigenvalue weighted by atomic mass is 32.2. The van der Waals surface area contributed by atoms with Crippen molar-refractivity contribution in [2.45, 2.75) is 6.92 Å². The molecule has 1 aromatic heterocycles. The number of rotatable bonds is 4. The summed E-state index contributed by atoms with van der Waals surface area (Å²) in [6.45, 7) is 2.03. The zero-order valence-electron chi connectivity index (χ0n) is 17.3. The third-order valence-electron chi connectivity index (χ3n) is 5.18. The molecule has 1 saturated heterocycles. The van der Waals surface area contributed by atoms with Gasteiger partial charge in [0.15, 0.2) is 0 Å². The second kappa shape index (κ2) is 8.32. The van der Waals surface area contributed by atoms with E-state index < -0.39 is 0 Å². The van der Waals surface area contributed by atoms with Gasteiger partial charge >= 0.3 is 0 Å². The van der Waals surface area contributed by atoms with Gasteiger partial charge in [-0.3, -0.25) is 9.59 Å². The Morgan fingerprint density at radius 2 is 1.44 bits per heavy atom. The fourth-order valence-corrected chi connectivity index (χ4v) is 4.38. The smallest absolute Gasteiger partial charge is 0.268 e. The Bertz CT molecular complexity index is 1330. The largest absolute Gasteiger partial charge is 0.298 e. The number of hydrogen-bond acceptors (Lipinski definition) is 4. The first-order chi connectivity index (χ1) is 15.6. The molecule has 5 rings (SSSR count). The van der Waals surface area contributed by atoms with Gasteiger partial charge in [0.05, 0.1) is 22.0 Å². The summed E-state index contributed by atoms with van der Waals surface area (Å²) < 4.78 is 1.79. The Labute approximate surface area is 190 Å². The van der Waals surface area contributed by atoms with Crippen LogP contribution in [0.4, 0.5) is 10.5 Å². The number of imide groups is 1. The van der Waals surface area contributed by atoms with Gasteiger partial charge in [-0.15, -0.1) is 0 Å². The molecule has 2 amide bonds. The van der Waals surface area contributed by atoms with Gasteiger partial charge in [0.2, 0.25) is 0 Å². The van der Waals surface area contributed by atoms with Crippen LogP contribution in [-0.4, -0.2) is 20.9 Å². The van der Waals surface area contributed by atoms with Crippen LogP contribution in [0.1, 0.15) is 11.1 Å². The summed E-state index contributed by atoms with van der Waals surface area (Å²) in [5, 5.41) is 4.49. The Morgan fingerprint density at radius 1 is 0.812 bits per heavy atom. The fraction of sp³-hybridized carbons (Fsp3) is 0.0385. The van der Waals surface area contributed by atoms with E-state index in [0.717, 1.165) is 39.8 Å². The van der Waals surface area contributed by atoms with Crippen molar-refractivity contribution in [2.75, 3.05) is 4.90 Å². The highest BCUT2D eigenvalue weighted by Crippen LogP contribution is 2.37. The molecule has 0 spiro atoms. The molecule has 1 aliphatic rings. The molecular formula is C26H19N3O2S. The van der Waals surface area contributed by atoms with Gasteiger partial charge < -0.3 is 0 Å². The average molecular weight is 438 g/mol. The van der Waals surface area contributed by atoms with Crippen molar-refractivity contribution in [1.29, 1.82) is 0 Å². The van der Waals surface area contributed by atoms with E-state index in [-0.39, 0.29) is 11.1 Å². The first-order valence-corrected chi connectivity index (χ1v) is 11.0. The number of anilines is 1. The maximum atomic E-state index is 13.1. The van der Waals surface area contributed by atoms with Crippen LogP contribution in [0, 0.1) is 6.92 Å². The third-order valence-corrected chi connectivity index (χ3v) is 6.05. The second-order valence-electron chi connectivity index (χ2n) is 7.43. The molecule has 0 saturated carbocycles. The molecule has 3 aromatic carbocycles. The number of amides is 2. The van der Waals surface area contributed by atoms with Crippen LogP contribution in [0.25, 0.3) is 23.0 Å². The number of nitrogens with zero attached hydrogens (tertiary/aromatic N) is 3. The summed E-state index contributed by atoms with van der Waals surface area (Å²) in [5.74, 6) is -0.325. The van der Waals surface area contributed by atoms with E-state index in [1.165, 1.54) is 4.90 Å². The van der Waals surface area contributed by atoms with Crippen LogP contribution in [0.2, 0.25) is 0 Å². The van der Waals surface area contributed by atoms with Crippen LogP contribution < -0.4 is 4.90 Å². The van der Waals surface area contributed by atoms with Crippen molar-refractivity contribution < 1.29 is 9.59 Å².